The first kappa shape index (κ1) is 7.78. The van der Waals surface area contributed by atoms with E-state index >= 15 is 0 Å². The monoisotopic (exact) mass is 179 g/mol. The predicted molar refractivity (Wildman–Crippen MR) is 45.3 cm³/mol. The highest BCUT2D eigenvalue weighted by atomic mass is 16.1. The molecule has 2 rings (SSSR count). The summed E-state index contributed by atoms with van der Waals surface area (Å²) in [6, 6.07) is 0. The Morgan fingerprint density at radius 2 is 2.31 bits per heavy atom. The van der Waals surface area contributed by atoms with Gasteiger partial charge in [0.2, 0.25) is 0 Å². The summed E-state index contributed by atoms with van der Waals surface area (Å²) in [6.07, 6.45) is 3.17. The van der Waals surface area contributed by atoms with E-state index in [1.165, 1.54) is 10.9 Å². The average molecular weight is 179 g/mol. The lowest BCUT2D eigenvalue weighted by Gasteiger charge is -1.96. The van der Waals surface area contributed by atoms with E-state index in [2.05, 4.69) is 20.4 Å². The maximum Gasteiger partial charge on any atom is 0.343 e. The molecule has 0 fully saturated rings. The van der Waals surface area contributed by atoms with Crippen molar-refractivity contribution in [3.8, 4) is 0 Å². The van der Waals surface area contributed by atoms with Crippen LogP contribution in [0.5, 0.6) is 0 Å². The zero-order chi connectivity index (χ0) is 9.26. The van der Waals surface area contributed by atoms with Crippen molar-refractivity contribution in [2.75, 3.05) is 0 Å². The van der Waals surface area contributed by atoms with Crippen molar-refractivity contribution < 1.29 is 0 Å². The largest absolute Gasteiger partial charge is 0.343 e. The summed E-state index contributed by atoms with van der Waals surface area (Å²) in [5, 5.41) is 12.6. The van der Waals surface area contributed by atoms with Gasteiger partial charge in [-0.3, -0.25) is 9.67 Å². The second-order valence-electron chi connectivity index (χ2n) is 2.81. The average Bonchev–Trinajstić information content (AvgIpc) is 2.65. The molecule has 0 amide bonds. The molecule has 0 saturated heterocycles. The van der Waals surface area contributed by atoms with E-state index in [0.29, 0.717) is 6.54 Å². The minimum absolute atomic E-state index is 0.208. The van der Waals surface area contributed by atoms with Crippen LogP contribution in [0.1, 0.15) is 11.3 Å². The van der Waals surface area contributed by atoms with Gasteiger partial charge in [-0.15, -0.1) is 0 Å². The number of aromatic nitrogens is 5. The smallest absolute Gasteiger partial charge is 0.283 e. The summed E-state index contributed by atoms with van der Waals surface area (Å²) < 4.78 is 1.48. The molecule has 0 aliphatic rings. The summed E-state index contributed by atoms with van der Waals surface area (Å²) in [6.45, 7) is 2.41. The van der Waals surface area contributed by atoms with E-state index < -0.39 is 0 Å². The lowest BCUT2D eigenvalue weighted by molar-refractivity contribution is 0.757. The number of hydrogen-bond acceptors (Lipinski definition) is 3. The second-order valence-corrected chi connectivity index (χ2v) is 2.81. The molecule has 2 aromatic heterocycles. The topological polar surface area (TPSA) is 79.4 Å². The minimum atomic E-state index is -0.208. The number of nitrogens with one attached hydrogen (secondary N) is 2. The van der Waals surface area contributed by atoms with E-state index in [1.807, 2.05) is 6.92 Å². The molecule has 0 spiro atoms. The van der Waals surface area contributed by atoms with E-state index in [-0.39, 0.29) is 5.69 Å². The molecule has 2 N–H and O–H groups in total. The quantitative estimate of drug-likeness (QED) is 0.661. The Balaban J connectivity index is 2.29. The van der Waals surface area contributed by atoms with Crippen molar-refractivity contribution in [3.63, 3.8) is 0 Å². The molecule has 0 aromatic carbocycles. The van der Waals surface area contributed by atoms with Gasteiger partial charge in [-0.1, -0.05) is 0 Å². The number of hydrogen-bond donors (Lipinski definition) is 2. The van der Waals surface area contributed by atoms with Gasteiger partial charge in [-0.25, -0.2) is 9.89 Å². The predicted octanol–water partition coefficient (Wildman–Crippen LogP) is -0.349. The SMILES string of the molecule is Cc1[nH]ncc1Cn1cn[nH]c1=O. The number of rotatable bonds is 2. The first-order valence-corrected chi connectivity index (χ1v) is 3.86. The normalized spacial score (nSPS) is 10.5. The van der Waals surface area contributed by atoms with Crippen LogP contribution in [-0.2, 0) is 6.54 Å². The maximum atomic E-state index is 11.1. The Labute approximate surface area is 73.6 Å². The van der Waals surface area contributed by atoms with Gasteiger partial charge in [0.1, 0.15) is 6.33 Å². The summed E-state index contributed by atoms with van der Waals surface area (Å²) >= 11 is 0. The molecule has 0 aliphatic carbocycles. The van der Waals surface area contributed by atoms with E-state index in [4.69, 9.17) is 0 Å². The lowest BCUT2D eigenvalue weighted by atomic mass is 10.3. The first-order chi connectivity index (χ1) is 6.27. The molecule has 2 aromatic rings. The Hall–Kier alpha value is -1.85. The second kappa shape index (κ2) is 2.89. The highest BCUT2D eigenvalue weighted by Crippen LogP contribution is 2.02. The van der Waals surface area contributed by atoms with Crippen molar-refractivity contribution in [1.82, 2.24) is 25.0 Å². The van der Waals surface area contributed by atoms with Crippen LogP contribution in [0.25, 0.3) is 0 Å². The third-order valence-corrected chi connectivity index (χ3v) is 1.89. The molecule has 2 heterocycles. The Morgan fingerprint density at radius 1 is 1.46 bits per heavy atom. The zero-order valence-corrected chi connectivity index (χ0v) is 7.11. The Bertz CT molecular complexity index is 451. The van der Waals surface area contributed by atoms with Gasteiger partial charge in [-0.2, -0.15) is 10.2 Å². The minimum Gasteiger partial charge on any atom is -0.283 e. The molecule has 68 valence electrons. The van der Waals surface area contributed by atoms with E-state index in [1.54, 1.807) is 6.20 Å². The number of H-pyrrole nitrogens is 2. The van der Waals surface area contributed by atoms with Crippen molar-refractivity contribution in [2.45, 2.75) is 13.5 Å². The van der Waals surface area contributed by atoms with E-state index in [9.17, 15) is 4.79 Å². The maximum absolute atomic E-state index is 11.1. The van der Waals surface area contributed by atoms with Crippen molar-refractivity contribution in [1.29, 1.82) is 0 Å². The molecule has 0 bridgehead atoms. The molecule has 0 saturated carbocycles. The van der Waals surface area contributed by atoms with Crippen LogP contribution in [0, 0.1) is 6.92 Å². The summed E-state index contributed by atoms with van der Waals surface area (Å²) in [7, 11) is 0. The lowest BCUT2D eigenvalue weighted by Crippen LogP contribution is -2.16. The van der Waals surface area contributed by atoms with Crippen LogP contribution in [0.3, 0.4) is 0 Å². The highest BCUT2D eigenvalue weighted by molar-refractivity contribution is 5.14. The fourth-order valence-corrected chi connectivity index (χ4v) is 1.10. The van der Waals surface area contributed by atoms with Crippen LogP contribution < -0.4 is 5.69 Å². The number of aromatic amines is 2. The van der Waals surface area contributed by atoms with Gasteiger partial charge in [0.15, 0.2) is 0 Å². The van der Waals surface area contributed by atoms with Crippen molar-refractivity contribution >= 4 is 0 Å². The van der Waals surface area contributed by atoms with Crippen LogP contribution >= 0.6 is 0 Å². The number of nitrogens with zero attached hydrogens (tertiary/aromatic N) is 3. The molecule has 0 aliphatic heterocycles. The third-order valence-electron chi connectivity index (χ3n) is 1.89. The fraction of sp³-hybridized carbons (Fsp3) is 0.286. The van der Waals surface area contributed by atoms with Gasteiger partial charge >= 0.3 is 5.69 Å². The summed E-state index contributed by atoms with van der Waals surface area (Å²) in [5.74, 6) is 0. The van der Waals surface area contributed by atoms with Crippen LogP contribution in [0.2, 0.25) is 0 Å². The molecule has 0 atom stereocenters. The van der Waals surface area contributed by atoms with Gasteiger partial charge in [0, 0.05) is 11.3 Å². The van der Waals surface area contributed by atoms with Crippen LogP contribution in [0.4, 0.5) is 0 Å². The summed E-state index contributed by atoms with van der Waals surface area (Å²) in [5.41, 5.74) is 1.75. The molecular weight excluding hydrogens is 170 g/mol. The third kappa shape index (κ3) is 1.37. The molecule has 6 nitrogen and oxygen atoms in total. The van der Waals surface area contributed by atoms with Crippen LogP contribution in [-0.4, -0.2) is 25.0 Å². The van der Waals surface area contributed by atoms with E-state index in [0.717, 1.165) is 11.3 Å². The Morgan fingerprint density at radius 3 is 2.85 bits per heavy atom. The molecular formula is C7H9N5O. The molecule has 0 radical (unpaired) electrons. The van der Waals surface area contributed by atoms with Gasteiger partial charge in [-0.05, 0) is 6.92 Å². The standard InChI is InChI=1S/C7H9N5O/c1-5-6(2-8-10-5)3-12-4-9-11-7(12)13/h2,4H,3H2,1H3,(H,8,10)(H,11,13). The molecule has 13 heavy (non-hydrogen) atoms. The molecule has 0 unspecified atom stereocenters. The fourth-order valence-electron chi connectivity index (χ4n) is 1.10. The number of aryl methyl sites for hydroxylation is 1. The van der Waals surface area contributed by atoms with Crippen LogP contribution in [0.15, 0.2) is 17.3 Å². The van der Waals surface area contributed by atoms with Gasteiger partial charge in [0.25, 0.3) is 0 Å². The molecule has 6 heteroatoms. The van der Waals surface area contributed by atoms with Gasteiger partial charge < -0.3 is 0 Å². The highest BCUT2D eigenvalue weighted by Gasteiger charge is 2.02. The van der Waals surface area contributed by atoms with Crippen molar-refractivity contribution in [2.24, 2.45) is 0 Å². The first-order valence-electron chi connectivity index (χ1n) is 3.86. The van der Waals surface area contributed by atoms with Gasteiger partial charge in [0.05, 0.1) is 12.7 Å². The summed E-state index contributed by atoms with van der Waals surface area (Å²) in [4.78, 5) is 11.1. The van der Waals surface area contributed by atoms with Crippen molar-refractivity contribution in [3.05, 3.63) is 34.3 Å². The zero-order valence-electron chi connectivity index (χ0n) is 7.11. The Kier molecular flexibility index (Phi) is 1.73.